The third-order valence-electron chi connectivity index (χ3n) is 3.31. The van der Waals surface area contributed by atoms with Crippen LogP contribution in [0.3, 0.4) is 0 Å². The second-order valence-corrected chi connectivity index (χ2v) is 4.98. The fraction of sp³-hybridized carbons (Fsp3) is 0.125. The third-order valence-corrected chi connectivity index (χ3v) is 3.63. The highest BCUT2D eigenvalue weighted by Crippen LogP contribution is 2.27. The maximum absolute atomic E-state index is 6.09. The number of fused-ring (bicyclic) bond motifs is 1. The van der Waals surface area contributed by atoms with Crippen LogP contribution in [0.25, 0.3) is 10.9 Å². The molecule has 1 heterocycles. The number of halogens is 1. The van der Waals surface area contributed by atoms with Gasteiger partial charge in [-0.15, -0.1) is 0 Å². The Kier molecular flexibility index (Phi) is 3.63. The minimum absolute atomic E-state index is 0.459. The number of hydrogen-bond donors (Lipinski definition) is 2. The van der Waals surface area contributed by atoms with E-state index >= 15 is 0 Å². The van der Waals surface area contributed by atoms with E-state index in [-0.39, 0.29) is 0 Å². The van der Waals surface area contributed by atoms with Crippen molar-refractivity contribution in [1.29, 1.82) is 0 Å². The largest absolute Gasteiger partial charge is 0.487 e. The molecule has 1 aromatic heterocycles. The van der Waals surface area contributed by atoms with Crippen molar-refractivity contribution in [3.05, 3.63) is 64.8 Å². The molecule has 4 heteroatoms. The van der Waals surface area contributed by atoms with Crippen molar-refractivity contribution in [2.24, 2.45) is 5.73 Å². The van der Waals surface area contributed by atoms with Gasteiger partial charge in [-0.05, 0) is 23.8 Å². The van der Waals surface area contributed by atoms with Crippen LogP contribution in [0.1, 0.15) is 11.1 Å². The SMILES string of the molecule is NCc1cccc2[nH]cc(COc3ccccc3Cl)c12. The molecule has 0 bridgehead atoms. The van der Waals surface area contributed by atoms with Gasteiger partial charge in [-0.1, -0.05) is 35.9 Å². The van der Waals surface area contributed by atoms with E-state index in [1.54, 1.807) is 0 Å². The summed E-state index contributed by atoms with van der Waals surface area (Å²) in [7, 11) is 0. The van der Waals surface area contributed by atoms with Crippen LogP contribution in [0.5, 0.6) is 5.75 Å². The van der Waals surface area contributed by atoms with Crippen molar-refractivity contribution in [1.82, 2.24) is 4.98 Å². The summed E-state index contributed by atoms with van der Waals surface area (Å²) in [6.07, 6.45) is 1.96. The van der Waals surface area contributed by atoms with Crippen molar-refractivity contribution < 1.29 is 4.74 Å². The van der Waals surface area contributed by atoms with Gasteiger partial charge in [-0.25, -0.2) is 0 Å². The molecule has 20 heavy (non-hydrogen) atoms. The van der Waals surface area contributed by atoms with Crippen molar-refractivity contribution in [2.45, 2.75) is 13.2 Å². The predicted molar refractivity (Wildman–Crippen MR) is 82.0 cm³/mol. The number of hydrogen-bond acceptors (Lipinski definition) is 2. The first kappa shape index (κ1) is 13.0. The Labute approximate surface area is 122 Å². The fourth-order valence-electron chi connectivity index (χ4n) is 2.34. The number of aromatic amines is 1. The lowest BCUT2D eigenvalue weighted by molar-refractivity contribution is 0.308. The average molecular weight is 287 g/mol. The van der Waals surface area contributed by atoms with Gasteiger partial charge in [0.25, 0.3) is 0 Å². The minimum Gasteiger partial charge on any atom is -0.487 e. The molecule has 3 nitrogen and oxygen atoms in total. The van der Waals surface area contributed by atoms with E-state index in [2.05, 4.69) is 4.98 Å². The number of H-pyrrole nitrogens is 1. The Morgan fingerprint density at radius 2 is 1.90 bits per heavy atom. The van der Waals surface area contributed by atoms with E-state index in [1.807, 2.05) is 48.7 Å². The van der Waals surface area contributed by atoms with Crippen molar-refractivity contribution in [3.8, 4) is 5.75 Å². The molecule has 0 aliphatic heterocycles. The fourth-order valence-corrected chi connectivity index (χ4v) is 2.53. The molecule has 0 unspecified atom stereocenters. The quantitative estimate of drug-likeness (QED) is 0.765. The van der Waals surface area contributed by atoms with E-state index in [0.29, 0.717) is 23.9 Å². The summed E-state index contributed by atoms with van der Waals surface area (Å²) in [5, 5.41) is 1.76. The number of aromatic nitrogens is 1. The summed E-state index contributed by atoms with van der Waals surface area (Å²) in [6, 6.07) is 13.5. The first-order valence-electron chi connectivity index (χ1n) is 6.45. The number of para-hydroxylation sites is 1. The Morgan fingerprint density at radius 3 is 2.70 bits per heavy atom. The van der Waals surface area contributed by atoms with Crippen LogP contribution < -0.4 is 10.5 Å². The second-order valence-electron chi connectivity index (χ2n) is 4.58. The molecule has 0 spiro atoms. The van der Waals surface area contributed by atoms with Crippen molar-refractivity contribution in [2.75, 3.05) is 0 Å². The summed E-state index contributed by atoms with van der Waals surface area (Å²) in [4.78, 5) is 3.25. The molecule has 0 aliphatic carbocycles. The maximum Gasteiger partial charge on any atom is 0.138 e. The molecule has 3 N–H and O–H groups in total. The zero-order valence-corrected chi connectivity index (χ0v) is 11.7. The van der Waals surface area contributed by atoms with Gasteiger partial charge in [-0.3, -0.25) is 0 Å². The zero-order valence-electron chi connectivity index (χ0n) is 10.9. The first-order chi connectivity index (χ1) is 9.79. The molecule has 0 atom stereocenters. The minimum atomic E-state index is 0.459. The third kappa shape index (κ3) is 2.38. The standard InChI is InChI=1S/C16H15ClN2O/c17-13-5-1-2-7-15(13)20-10-12-9-19-14-6-3-4-11(8-18)16(12)14/h1-7,9,19H,8,10,18H2. The summed E-state index contributed by atoms with van der Waals surface area (Å²) in [5.41, 5.74) is 9.07. The van der Waals surface area contributed by atoms with Crippen molar-refractivity contribution in [3.63, 3.8) is 0 Å². The lowest BCUT2D eigenvalue weighted by Gasteiger charge is -2.08. The molecule has 0 aliphatic rings. The molecule has 3 rings (SSSR count). The molecule has 0 saturated carbocycles. The average Bonchev–Trinajstić information content (AvgIpc) is 2.90. The van der Waals surface area contributed by atoms with E-state index in [4.69, 9.17) is 22.1 Å². The molecule has 2 aromatic carbocycles. The van der Waals surface area contributed by atoms with Gasteiger partial charge >= 0.3 is 0 Å². The van der Waals surface area contributed by atoms with Crippen LogP contribution in [0, 0.1) is 0 Å². The summed E-state index contributed by atoms with van der Waals surface area (Å²) in [5.74, 6) is 0.689. The normalized spacial score (nSPS) is 10.9. The summed E-state index contributed by atoms with van der Waals surface area (Å²) >= 11 is 6.09. The predicted octanol–water partition coefficient (Wildman–Crippen LogP) is 3.86. The molecular formula is C16H15ClN2O. The van der Waals surface area contributed by atoms with Crippen LogP contribution in [-0.2, 0) is 13.2 Å². The molecule has 0 fully saturated rings. The Hall–Kier alpha value is -1.97. The van der Waals surface area contributed by atoms with Gasteiger partial charge in [0.15, 0.2) is 0 Å². The van der Waals surface area contributed by atoms with Crippen LogP contribution in [0.2, 0.25) is 5.02 Å². The molecule has 0 saturated heterocycles. The molecule has 102 valence electrons. The van der Waals surface area contributed by atoms with Gasteiger partial charge in [0.1, 0.15) is 12.4 Å². The highest BCUT2D eigenvalue weighted by Gasteiger charge is 2.09. The van der Waals surface area contributed by atoms with Gasteiger partial charge in [0.05, 0.1) is 5.02 Å². The van der Waals surface area contributed by atoms with E-state index in [9.17, 15) is 0 Å². The molecule has 0 amide bonds. The van der Waals surface area contributed by atoms with Gasteiger partial charge < -0.3 is 15.5 Å². The highest BCUT2D eigenvalue weighted by atomic mass is 35.5. The number of nitrogens with two attached hydrogens (primary N) is 1. The highest BCUT2D eigenvalue weighted by molar-refractivity contribution is 6.32. The maximum atomic E-state index is 6.09. The van der Waals surface area contributed by atoms with Crippen LogP contribution in [-0.4, -0.2) is 4.98 Å². The van der Waals surface area contributed by atoms with Gasteiger partial charge in [0.2, 0.25) is 0 Å². The van der Waals surface area contributed by atoms with Crippen molar-refractivity contribution >= 4 is 22.5 Å². The van der Waals surface area contributed by atoms with Gasteiger partial charge in [-0.2, -0.15) is 0 Å². The van der Waals surface area contributed by atoms with Crippen LogP contribution >= 0.6 is 11.6 Å². The number of ether oxygens (including phenoxy) is 1. The number of benzene rings is 2. The molecule has 0 radical (unpaired) electrons. The first-order valence-corrected chi connectivity index (χ1v) is 6.82. The number of rotatable bonds is 4. The second kappa shape index (κ2) is 5.57. The molecular weight excluding hydrogens is 272 g/mol. The van der Waals surface area contributed by atoms with E-state index < -0.39 is 0 Å². The van der Waals surface area contributed by atoms with Gasteiger partial charge in [0, 0.05) is 29.2 Å². The molecule has 3 aromatic rings. The van der Waals surface area contributed by atoms with E-state index in [1.165, 1.54) is 0 Å². The number of nitrogens with one attached hydrogen (secondary N) is 1. The Morgan fingerprint density at radius 1 is 1.05 bits per heavy atom. The lowest BCUT2D eigenvalue weighted by atomic mass is 10.1. The van der Waals surface area contributed by atoms with E-state index in [0.717, 1.165) is 22.0 Å². The topological polar surface area (TPSA) is 51.0 Å². The lowest BCUT2D eigenvalue weighted by Crippen LogP contribution is -2.00. The van der Waals surface area contributed by atoms with Crippen LogP contribution in [0.4, 0.5) is 0 Å². The Balaban J connectivity index is 1.90. The summed E-state index contributed by atoms with van der Waals surface area (Å²) in [6.45, 7) is 0.967. The zero-order chi connectivity index (χ0) is 13.9. The monoisotopic (exact) mass is 286 g/mol. The Bertz CT molecular complexity index is 736. The smallest absolute Gasteiger partial charge is 0.138 e. The summed E-state index contributed by atoms with van der Waals surface area (Å²) < 4.78 is 5.80. The van der Waals surface area contributed by atoms with Crippen LogP contribution in [0.15, 0.2) is 48.7 Å².